The molecule has 0 spiro atoms. The topological polar surface area (TPSA) is 12.0 Å². The summed E-state index contributed by atoms with van der Waals surface area (Å²) in [6, 6.07) is 2.85. The fourth-order valence-electron chi connectivity index (χ4n) is 1.65. The van der Waals surface area contributed by atoms with Crippen LogP contribution < -0.4 is 5.32 Å². The van der Waals surface area contributed by atoms with E-state index in [-0.39, 0.29) is 0 Å². The molecule has 0 fully saturated rings. The third-order valence-corrected chi connectivity index (χ3v) is 3.84. The van der Waals surface area contributed by atoms with Crippen molar-refractivity contribution in [1.29, 1.82) is 0 Å². The van der Waals surface area contributed by atoms with Gasteiger partial charge >= 0.3 is 0 Å². The number of hydrogen-bond acceptors (Lipinski definition) is 2. The predicted molar refractivity (Wildman–Crippen MR) is 69.5 cm³/mol. The van der Waals surface area contributed by atoms with Gasteiger partial charge in [0.1, 0.15) is 0 Å². The molecule has 1 nitrogen and oxygen atoms in total. The lowest BCUT2D eigenvalue weighted by molar-refractivity contribution is 0.489. The summed E-state index contributed by atoms with van der Waals surface area (Å²) >= 11 is 1.86. The van der Waals surface area contributed by atoms with E-state index in [1.165, 1.54) is 36.1 Å². The zero-order valence-electron chi connectivity index (χ0n) is 10.2. The molecule has 0 saturated carbocycles. The molecule has 0 amide bonds. The third kappa shape index (κ3) is 4.80. The van der Waals surface area contributed by atoms with Gasteiger partial charge in [-0.25, -0.2) is 0 Å². The number of hydrogen-bond donors (Lipinski definition) is 1. The molecule has 0 bridgehead atoms. The Morgan fingerprint density at radius 2 is 2.20 bits per heavy atom. The number of aryl methyl sites for hydroxylation is 1. The zero-order valence-corrected chi connectivity index (χ0v) is 11.0. The fraction of sp³-hybridized carbons (Fsp3) is 0.692. The number of rotatable bonds is 7. The van der Waals surface area contributed by atoms with Crippen LogP contribution in [0, 0.1) is 6.92 Å². The minimum atomic E-state index is 0.651. The SMILES string of the molecule is CCCCCC(C)NCc1sccc1C. The summed E-state index contributed by atoms with van der Waals surface area (Å²) < 4.78 is 0. The Kier molecular flexibility index (Phi) is 5.96. The first-order valence-corrected chi connectivity index (χ1v) is 6.88. The number of nitrogens with one attached hydrogen (secondary N) is 1. The molecule has 1 atom stereocenters. The quantitative estimate of drug-likeness (QED) is 0.688. The van der Waals surface area contributed by atoms with Gasteiger partial charge in [-0.15, -0.1) is 11.3 Å². The second-order valence-electron chi connectivity index (χ2n) is 4.30. The van der Waals surface area contributed by atoms with Gasteiger partial charge in [0.25, 0.3) is 0 Å². The largest absolute Gasteiger partial charge is 0.309 e. The van der Waals surface area contributed by atoms with Crippen molar-refractivity contribution >= 4 is 11.3 Å². The maximum atomic E-state index is 3.60. The molecule has 15 heavy (non-hydrogen) atoms. The number of unbranched alkanes of at least 4 members (excludes halogenated alkanes) is 2. The van der Waals surface area contributed by atoms with Crippen molar-refractivity contribution in [2.75, 3.05) is 0 Å². The van der Waals surface area contributed by atoms with Crippen molar-refractivity contribution in [2.24, 2.45) is 0 Å². The van der Waals surface area contributed by atoms with Gasteiger partial charge in [0.15, 0.2) is 0 Å². The van der Waals surface area contributed by atoms with Crippen molar-refractivity contribution in [2.45, 2.75) is 59.0 Å². The first kappa shape index (κ1) is 12.7. The lowest BCUT2D eigenvalue weighted by Gasteiger charge is -2.13. The lowest BCUT2D eigenvalue weighted by Crippen LogP contribution is -2.25. The molecule has 0 aliphatic carbocycles. The van der Waals surface area contributed by atoms with Crippen LogP contribution >= 0.6 is 11.3 Å². The van der Waals surface area contributed by atoms with Gasteiger partial charge < -0.3 is 5.32 Å². The average Bonchev–Trinajstić information content (AvgIpc) is 2.61. The van der Waals surface area contributed by atoms with Crippen LogP contribution in [-0.4, -0.2) is 6.04 Å². The molecule has 1 N–H and O–H groups in total. The monoisotopic (exact) mass is 225 g/mol. The van der Waals surface area contributed by atoms with Gasteiger partial charge in [-0.05, 0) is 37.3 Å². The van der Waals surface area contributed by atoms with Gasteiger partial charge in [0.2, 0.25) is 0 Å². The molecule has 1 unspecified atom stereocenters. The minimum absolute atomic E-state index is 0.651. The van der Waals surface area contributed by atoms with Crippen LogP contribution in [0.2, 0.25) is 0 Å². The van der Waals surface area contributed by atoms with Crippen molar-refractivity contribution in [3.63, 3.8) is 0 Å². The highest BCUT2D eigenvalue weighted by molar-refractivity contribution is 7.10. The highest BCUT2D eigenvalue weighted by Gasteiger charge is 2.03. The van der Waals surface area contributed by atoms with Gasteiger partial charge in [-0.2, -0.15) is 0 Å². The molecule has 0 saturated heterocycles. The van der Waals surface area contributed by atoms with Gasteiger partial charge in [-0.1, -0.05) is 26.2 Å². The lowest BCUT2D eigenvalue weighted by atomic mass is 10.1. The Morgan fingerprint density at radius 1 is 1.40 bits per heavy atom. The van der Waals surface area contributed by atoms with Crippen LogP contribution in [0.1, 0.15) is 50.0 Å². The fourth-order valence-corrected chi connectivity index (χ4v) is 2.51. The Labute approximate surface area is 97.9 Å². The summed E-state index contributed by atoms with van der Waals surface area (Å²) in [5.41, 5.74) is 1.42. The Bertz CT molecular complexity index is 267. The zero-order chi connectivity index (χ0) is 11.1. The summed E-state index contributed by atoms with van der Waals surface area (Å²) in [4.78, 5) is 1.48. The maximum Gasteiger partial charge on any atom is 0.0304 e. The first-order chi connectivity index (χ1) is 7.24. The molecule has 0 aromatic carbocycles. The third-order valence-electron chi connectivity index (χ3n) is 2.82. The highest BCUT2D eigenvalue weighted by atomic mass is 32.1. The average molecular weight is 225 g/mol. The van der Waals surface area contributed by atoms with Gasteiger partial charge in [0, 0.05) is 17.5 Å². The van der Waals surface area contributed by atoms with E-state index >= 15 is 0 Å². The summed E-state index contributed by atoms with van der Waals surface area (Å²) in [7, 11) is 0. The molecular weight excluding hydrogens is 202 g/mol. The van der Waals surface area contributed by atoms with E-state index in [4.69, 9.17) is 0 Å². The molecule has 86 valence electrons. The van der Waals surface area contributed by atoms with Gasteiger partial charge in [0.05, 0.1) is 0 Å². The van der Waals surface area contributed by atoms with Crippen molar-refractivity contribution < 1.29 is 0 Å². The molecule has 1 rings (SSSR count). The second kappa shape index (κ2) is 7.02. The molecule has 1 aromatic rings. The number of thiophene rings is 1. The van der Waals surface area contributed by atoms with Crippen LogP contribution in [0.4, 0.5) is 0 Å². The van der Waals surface area contributed by atoms with E-state index in [0.29, 0.717) is 6.04 Å². The van der Waals surface area contributed by atoms with E-state index in [0.717, 1.165) is 6.54 Å². The summed E-state index contributed by atoms with van der Waals surface area (Å²) in [6.45, 7) is 7.78. The standard InChI is InChI=1S/C13H23NS/c1-4-5-6-7-12(3)14-10-13-11(2)8-9-15-13/h8-9,12,14H,4-7,10H2,1-3H3. The minimum Gasteiger partial charge on any atom is -0.309 e. The van der Waals surface area contributed by atoms with Crippen LogP contribution in [0.25, 0.3) is 0 Å². The molecule has 0 aliphatic heterocycles. The summed E-state index contributed by atoms with van der Waals surface area (Å²) in [5.74, 6) is 0. The molecule has 1 heterocycles. The molecule has 1 aromatic heterocycles. The van der Waals surface area contributed by atoms with E-state index in [1.807, 2.05) is 11.3 Å². The van der Waals surface area contributed by atoms with E-state index in [9.17, 15) is 0 Å². The van der Waals surface area contributed by atoms with E-state index < -0.39 is 0 Å². The van der Waals surface area contributed by atoms with E-state index in [2.05, 4.69) is 37.5 Å². The van der Waals surface area contributed by atoms with Crippen molar-refractivity contribution in [3.8, 4) is 0 Å². The molecule has 0 aliphatic rings. The summed E-state index contributed by atoms with van der Waals surface area (Å²) in [6.07, 6.45) is 5.34. The normalized spacial score (nSPS) is 13.0. The van der Waals surface area contributed by atoms with Crippen LogP contribution in [0.3, 0.4) is 0 Å². The van der Waals surface area contributed by atoms with Crippen LogP contribution in [0.5, 0.6) is 0 Å². The summed E-state index contributed by atoms with van der Waals surface area (Å²) in [5, 5.41) is 5.77. The predicted octanol–water partition coefficient (Wildman–Crippen LogP) is 4.11. The van der Waals surface area contributed by atoms with Crippen LogP contribution in [-0.2, 0) is 6.54 Å². The Hall–Kier alpha value is -0.340. The van der Waals surface area contributed by atoms with Crippen molar-refractivity contribution in [3.05, 3.63) is 21.9 Å². The molecule has 2 heteroatoms. The van der Waals surface area contributed by atoms with Gasteiger partial charge in [-0.3, -0.25) is 0 Å². The highest BCUT2D eigenvalue weighted by Crippen LogP contribution is 2.15. The maximum absolute atomic E-state index is 3.60. The van der Waals surface area contributed by atoms with Crippen molar-refractivity contribution in [1.82, 2.24) is 5.32 Å². The second-order valence-corrected chi connectivity index (χ2v) is 5.31. The smallest absolute Gasteiger partial charge is 0.0304 e. The Morgan fingerprint density at radius 3 is 2.80 bits per heavy atom. The van der Waals surface area contributed by atoms with Crippen LogP contribution in [0.15, 0.2) is 11.4 Å². The van der Waals surface area contributed by atoms with E-state index in [1.54, 1.807) is 0 Å². The molecule has 0 radical (unpaired) electrons. The Balaban J connectivity index is 2.16. The first-order valence-electron chi connectivity index (χ1n) is 6.00. The molecular formula is C13H23NS.